The number of likely N-dealkylation sites (tertiary alicyclic amines) is 1. The van der Waals surface area contributed by atoms with E-state index in [-0.39, 0.29) is 6.10 Å². The Morgan fingerprint density at radius 1 is 1.62 bits per heavy atom. The van der Waals surface area contributed by atoms with E-state index in [0.717, 1.165) is 29.0 Å². The van der Waals surface area contributed by atoms with E-state index < -0.39 is 0 Å². The highest BCUT2D eigenvalue weighted by Crippen LogP contribution is 2.30. The van der Waals surface area contributed by atoms with Crippen LogP contribution < -0.4 is 0 Å². The van der Waals surface area contributed by atoms with Crippen molar-refractivity contribution >= 4 is 27.3 Å². The lowest BCUT2D eigenvalue weighted by Crippen LogP contribution is -2.39. The molecule has 4 heteroatoms. The summed E-state index contributed by atoms with van der Waals surface area (Å²) in [6, 6.07) is 1.99. The van der Waals surface area contributed by atoms with Gasteiger partial charge in [0.25, 0.3) is 0 Å². The molecule has 1 aliphatic heterocycles. The van der Waals surface area contributed by atoms with Gasteiger partial charge in [-0.1, -0.05) is 0 Å². The number of halogens is 1. The van der Waals surface area contributed by atoms with Crippen LogP contribution in [0.15, 0.2) is 15.9 Å². The standard InChI is InChI=1S/C9H12BrNOS/c10-7-2-5-13-9(7)8(12)6-11-3-1-4-11/h2,5,8,12H,1,3-4,6H2. The second-order valence-electron chi connectivity index (χ2n) is 3.30. The third-order valence-corrected chi connectivity index (χ3v) is 4.30. The van der Waals surface area contributed by atoms with E-state index in [4.69, 9.17) is 0 Å². The number of hydrogen-bond donors (Lipinski definition) is 1. The number of thiophene rings is 1. The molecule has 1 aliphatic rings. The highest BCUT2D eigenvalue weighted by Gasteiger charge is 2.20. The van der Waals surface area contributed by atoms with Crippen LogP contribution in [0.3, 0.4) is 0 Å². The number of hydrogen-bond acceptors (Lipinski definition) is 3. The van der Waals surface area contributed by atoms with Gasteiger partial charge in [-0.15, -0.1) is 11.3 Å². The Hall–Kier alpha value is 0.100. The number of nitrogens with zero attached hydrogens (tertiary/aromatic N) is 1. The number of rotatable bonds is 3. The third kappa shape index (κ3) is 2.13. The van der Waals surface area contributed by atoms with Crippen molar-refractivity contribution in [2.75, 3.05) is 19.6 Å². The molecule has 0 amide bonds. The normalized spacial score (nSPS) is 19.8. The zero-order valence-electron chi connectivity index (χ0n) is 7.24. The molecule has 1 fully saturated rings. The van der Waals surface area contributed by atoms with E-state index in [0.29, 0.717) is 0 Å². The summed E-state index contributed by atoms with van der Waals surface area (Å²) in [5.74, 6) is 0. The van der Waals surface area contributed by atoms with E-state index in [1.165, 1.54) is 6.42 Å². The third-order valence-electron chi connectivity index (χ3n) is 2.33. The van der Waals surface area contributed by atoms with Crippen LogP contribution >= 0.6 is 27.3 Å². The van der Waals surface area contributed by atoms with Gasteiger partial charge < -0.3 is 10.0 Å². The molecule has 1 aromatic heterocycles. The first-order valence-corrected chi connectivity index (χ1v) is 6.08. The van der Waals surface area contributed by atoms with Crippen LogP contribution in [0.4, 0.5) is 0 Å². The van der Waals surface area contributed by atoms with Crippen LogP contribution in [0.1, 0.15) is 17.4 Å². The van der Waals surface area contributed by atoms with Crippen LogP contribution in [0, 0.1) is 0 Å². The molecule has 0 spiro atoms. The minimum atomic E-state index is -0.324. The highest BCUT2D eigenvalue weighted by molar-refractivity contribution is 9.10. The van der Waals surface area contributed by atoms with Gasteiger partial charge in [0.15, 0.2) is 0 Å². The first-order valence-electron chi connectivity index (χ1n) is 4.40. The summed E-state index contributed by atoms with van der Waals surface area (Å²) in [6.45, 7) is 3.05. The molecule has 0 saturated carbocycles. The summed E-state index contributed by atoms with van der Waals surface area (Å²) < 4.78 is 1.03. The van der Waals surface area contributed by atoms with Gasteiger partial charge in [0.1, 0.15) is 6.10 Å². The molecule has 2 heterocycles. The molecule has 1 N–H and O–H groups in total. The Labute approximate surface area is 90.3 Å². The van der Waals surface area contributed by atoms with Gasteiger partial charge in [-0.25, -0.2) is 0 Å². The van der Waals surface area contributed by atoms with Crippen molar-refractivity contribution < 1.29 is 5.11 Å². The fourth-order valence-electron chi connectivity index (χ4n) is 1.43. The van der Waals surface area contributed by atoms with Crippen molar-refractivity contribution in [3.05, 3.63) is 20.8 Å². The van der Waals surface area contributed by atoms with Crippen LogP contribution in [-0.4, -0.2) is 29.6 Å². The second-order valence-corrected chi connectivity index (χ2v) is 5.10. The Kier molecular flexibility index (Phi) is 3.03. The smallest absolute Gasteiger partial charge is 0.102 e. The monoisotopic (exact) mass is 261 g/mol. The molecule has 1 atom stereocenters. The predicted octanol–water partition coefficient (Wildman–Crippen LogP) is 2.25. The topological polar surface area (TPSA) is 23.5 Å². The summed E-state index contributed by atoms with van der Waals surface area (Å²) in [5.41, 5.74) is 0. The lowest BCUT2D eigenvalue weighted by molar-refractivity contribution is 0.0805. The van der Waals surface area contributed by atoms with Crippen LogP contribution in [-0.2, 0) is 0 Å². The van der Waals surface area contributed by atoms with Gasteiger partial charge in [0, 0.05) is 15.9 Å². The van der Waals surface area contributed by atoms with E-state index in [2.05, 4.69) is 20.8 Å². The summed E-state index contributed by atoms with van der Waals surface area (Å²) in [4.78, 5) is 3.32. The molecule has 13 heavy (non-hydrogen) atoms. The first kappa shape index (κ1) is 9.65. The Bertz CT molecular complexity index is 285. The van der Waals surface area contributed by atoms with Gasteiger partial charge >= 0.3 is 0 Å². The molecule has 0 aliphatic carbocycles. The SMILES string of the molecule is OC(CN1CCC1)c1sccc1Br. The van der Waals surface area contributed by atoms with Crippen LogP contribution in [0.5, 0.6) is 0 Å². The first-order chi connectivity index (χ1) is 6.27. The van der Waals surface area contributed by atoms with E-state index in [9.17, 15) is 5.11 Å². The summed E-state index contributed by atoms with van der Waals surface area (Å²) in [5, 5.41) is 11.9. The summed E-state index contributed by atoms with van der Waals surface area (Å²) in [7, 11) is 0. The van der Waals surface area contributed by atoms with Gasteiger partial charge in [-0.2, -0.15) is 0 Å². The molecule has 1 unspecified atom stereocenters. The average molecular weight is 262 g/mol. The number of aliphatic hydroxyl groups excluding tert-OH is 1. The summed E-state index contributed by atoms with van der Waals surface area (Å²) >= 11 is 5.04. The van der Waals surface area contributed by atoms with Crippen molar-refractivity contribution in [3.8, 4) is 0 Å². The Morgan fingerprint density at radius 3 is 2.85 bits per heavy atom. The largest absolute Gasteiger partial charge is 0.386 e. The second kappa shape index (κ2) is 4.09. The van der Waals surface area contributed by atoms with Gasteiger partial charge in [-0.3, -0.25) is 0 Å². The van der Waals surface area contributed by atoms with Gasteiger partial charge in [0.05, 0.1) is 0 Å². The van der Waals surface area contributed by atoms with Gasteiger partial charge in [0.2, 0.25) is 0 Å². The highest BCUT2D eigenvalue weighted by atomic mass is 79.9. The molecule has 2 nitrogen and oxygen atoms in total. The lowest BCUT2D eigenvalue weighted by atomic mass is 10.2. The average Bonchev–Trinajstić information content (AvgIpc) is 2.43. The van der Waals surface area contributed by atoms with Crippen LogP contribution in [0.25, 0.3) is 0 Å². The van der Waals surface area contributed by atoms with Crippen LogP contribution in [0.2, 0.25) is 0 Å². The van der Waals surface area contributed by atoms with Crippen molar-refractivity contribution in [1.82, 2.24) is 4.90 Å². The number of aliphatic hydroxyl groups is 1. The Morgan fingerprint density at radius 2 is 2.38 bits per heavy atom. The maximum atomic E-state index is 9.86. The zero-order valence-corrected chi connectivity index (χ0v) is 9.64. The number of β-amino-alcohol motifs (C(OH)–C–C–N with tert-alkyl or cyclic N) is 1. The predicted molar refractivity (Wildman–Crippen MR) is 58.0 cm³/mol. The molecule has 2 rings (SSSR count). The summed E-state index contributed by atoms with van der Waals surface area (Å²) in [6.07, 6.45) is 0.952. The molecular weight excluding hydrogens is 250 g/mol. The molecule has 1 aromatic rings. The molecule has 0 radical (unpaired) electrons. The fourth-order valence-corrected chi connectivity index (χ4v) is 3.05. The molecule has 72 valence electrons. The minimum Gasteiger partial charge on any atom is -0.386 e. The minimum absolute atomic E-state index is 0.324. The van der Waals surface area contributed by atoms with Crippen molar-refractivity contribution in [2.45, 2.75) is 12.5 Å². The van der Waals surface area contributed by atoms with Crippen molar-refractivity contribution in [3.63, 3.8) is 0 Å². The maximum Gasteiger partial charge on any atom is 0.102 e. The molecule has 0 aromatic carbocycles. The maximum absolute atomic E-state index is 9.86. The fraction of sp³-hybridized carbons (Fsp3) is 0.556. The lowest BCUT2D eigenvalue weighted by Gasteiger charge is -2.32. The molecular formula is C9H12BrNOS. The molecule has 0 bridgehead atoms. The molecule has 1 saturated heterocycles. The quantitative estimate of drug-likeness (QED) is 0.903. The van der Waals surface area contributed by atoms with Crippen molar-refractivity contribution in [1.29, 1.82) is 0 Å². The van der Waals surface area contributed by atoms with E-state index in [1.807, 2.05) is 11.4 Å². The Balaban J connectivity index is 1.96. The van der Waals surface area contributed by atoms with Crippen molar-refractivity contribution in [2.24, 2.45) is 0 Å². The van der Waals surface area contributed by atoms with E-state index >= 15 is 0 Å². The zero-order chi connectivity index (χ0) is 9.26. The van der Waals surface area contributed by atoms with Gasteiger partial charge in [-0.05, 0) is 46.9 Å². The van der Waals surface area contributed by atoms with E-state index in [1.54, 1.807) is 11.3 Å².